The van der Waals surface area contributed by atoms with Gasteiger partial charge in [-0.3, -0.25) is 9.59 Å². The minimum atomic E-state index is -0.945. The number of benzene rings is 3. The van der Waals surface area contributed by atoms with Crippen LogP contribution in [0.3, 0.4) is 0 Å². The summed E-state index contributed by atoms with van der Waals surface area (Å²) in [6, 6.07) is 21.3. The molecule has 0 aromatic heterocycles. The molecule has 0 fully saturated rings. The number of alkyl carbamates (subject to hydrolysis) is 1. The number of hydrogen-bond acceptors (Lipinski definition) is 4. The smallest absolute Gasteiger partial charge is 0.408 e. The van der Waals surface area contributed by atoms with Crippen LogP contribution in [0.25, 0.3) is 0 Å². The zero-order valence-electron chi connectivity index (χ0n) is 26.0. The van der Waals surface area contributed by atoms with Crippen LogP contribution in [0.2, 0.25) is 0 Å². The molecule has 3 rings (SSSR count). The Labute approximate surface area is 250 Å². The highest BCUT2D eigenvalue weighted by Crippen LogP contribution is 2.28. The van der Waals surface area contributed by atoms with E-state index in [1.165, 1.54) is 0 Å². The Morgan fingerprint density at radius 1 is 0.833 bits per heavy atom. The van der Waals surface area contributed by atoms with E-state index in [1.54, 1.807) is 25.7 Å². The van der Waals surface area contributed by atoms with E-state index in [4.69, 9.17) is 4.74 Å². The second-order valence-electron chi connectivity index (χ2n) is 11.7. The third kappa shape index (κ3) is 8.93. The fourth-order valence-corrected chi connectivity index (χ4v) is 4.92. The summed E-state index contributed by atoms with van der Waals surface area (Å²) < 4.78 is 5.52. The second kappa shape index (κ2) is 14.7. The predicted molar refractivity (Wildman–Crippen MR) is 168 cm³/mol. The average Bonchev–Trinajstić information content (AvgIpc) is 2.94. The van der Waals surface area contributed by atoms with Crippen LogP contribution in [0.1, 0.15) is 74.9 Å². The summed E-state index contributed by atoms with van der Waals surface area (Å²) in [6.45, 7) is 13.6. The van der Waals surface area contributed by atoms with Crippen molar-refractivity contribution in [3.63, 3.8) is 0 Å². The van der Waals surface area contributed by atoms with E-state index in [1.807, 2.05) is 93.6 Å². The van der Waals surface area contributed by atoms with Crippen molar-refractivity contribution >= 4 is 23.6 Å². The van der Waals surface area contributed by atoms with Crippen molar-refractivity contribution < 1.29 is 19.1 Å². The number of carbonyl (C=O) groups is 3. The molecule has 42 heavy (non-hydrogen) atoms. The molecule has 3 aromatic carbocycles. The number of nitrogens with one attached hydrogen (secondary N) is 2. The normalized spacial score (nSPS) is 12.6. The zero-order valence-corrected chi connectivity index (χ0v) is 26.0. The number of nitrogens with zero attached hydrogens (tertiary/aromatic N) is 1. The summed E-state index contributed by atoms with van der Waals surface area (Å²) in [5.41, 5.74) is 4.59. The first kappa shape index (κ1) is 32.4. The molecule has 0 spiro atoms. The molecule has 0 saturated carbocycles. The van der Waals surface area contributed by atoms with Crippen molar-refractivity contribution in [3.8, 4) is 0 Å². The number of ether oxygens (including phenoxy) is 1. The maximum absolute atomic E-state index is 14.4. The van der Waals surface area contributed by atoms with Gasteiger partial charge < -0.3 is 20.3 Å². The third-order valence-electron chi connectivity index (χ3n) is 7.01. The van der Waals surface area contributed by atoms with E-state index in [0.717, 1.165) is 34.4 Å². The van der Waals surface area contributed by atoms with Gasteiger partial charge in [0.25, 0.3) is 5.91 Å². The van der Waals surface area contributed by atoms with Gasteiger partial charge in [-0.2, -0.15) is 0 Å². The molecule has 0 saturated heterocycles. The molecule has 2 unspecified atom stereocenters. The van der Waals surface area contributed by atoms with E-state index < -0.39 is 23.8 Å². The number of aryl methyl sites for hydroxylation is 3. The van der Waals surface area contributed by atoms with Crippen LogP contribution in [-0.2, 0) is 27.2 Å². The molecule has 0 heterocycles. The van der Waals surface area contributed by atoms with E-state index >= 15 is 0 Å². The fraction of sp³-hybridized carbons (Fsp3) is 0.400. The minimum absolute atomic E-state index is 0.249. The van der Waals surface area contributed by atoms with Gasteiger partial charge in [-0.25, -0.2) is 4.79 Å². The van der Waals surface area contributed by atoms with E-state index in [2.05, 4.69) is 17.6 Å². The summed E-state index contributed by atoms with van der Waals surface area (Å²) in [7, 11) is 0. The summed E-state index contributed by atoms with van der Waals surface area (Å²) in [4.78, 5) is 43.1. The first-order valence-corrected chi connectivity index (χ1v) is 14.7. The SMILES string of the molecule is CCCN(C(=O)C(Cc1ccccc1)NC(=O)OC(C)(C)C)C(C(=O)Nc1c(C)cccc1C)c1ccc(CC)cc1. The Morgan fingerprint density at radius 2 is 1.45 bits per heavy atom. The molecule has 2 atom stereocenters. The van der Waals surface area contributed by atoms with Crippen molar-refractivity contribution in [2.45, 2.75) is 85.4 Å². The van der Waals surface area contributed by atoms with Crippen molar-refractivity contribution in [2.24, 2.45) is 0 Å². The van der Waals surface area contributed by atoms with Gasteiger partial charge in [0.05, 0.1) is 0 Å². The number of rotatable bonds is 11. The third-order valence-corrected chi connectivity index (χ3v) is 7.01. The van der Waals surface area contributed by atoms with E-state index in [-0.39, 0.29) is 18.2 Å². The van der Waals surface area contributed by atoms with Crippen molar-refractivity contribution in [1.82, 2.24) is 10.2 Å². The van der Waals surface area contributed by atoms with Crippen molar-refractivity contribution in [1.29, 1.82) is 0 Å². The van der Waals surface area contributed by atoms with Crippen LogP contribution in [0.4, 0.5) is 10.5 Å². The van der Waals surface area contributed by atoms with Gasteiger partial charge in [0.1, 0.15) is 17.7 Å². The van der Waals surface area contributed by atoms with Gasteiger partial charge in [0.15, 0.2) is 0 Å². The lowest BCUT2D eigenvalue weighted by atomic mass is 9.98. The Hall–Kier alpha value is -4.13. The van der Waals surface area contributed by atoms with Crippen molar-refractivity contribution in [3.05, 3.63) is 101 Å². The van der Waals surface area contributed by atoms with E-state index in [0.29, 0.717) is 18.5 Å². The van der Waals surface area contributed by atoms with Gasteiger partial charge in [0.2, 0.25) is 5.91 Å². The molecule has 3 aromatic rings. The standard InChI is InChI=1S/C35H45N3O4/c1-8-22-38(33(40)29(23-27-16-11-10-12-17-27)36-34(41)42-35(5,6)7)31(28-20-18-26(9-2)19-21-28)32(39)37-30-24(3)14-13-15-25(30)4/h10-21,29,31H,8-9,22-23H2,1-7H3,(H,36,41)(H,37,39). The molecule has 0 aliphatic carbocycles. The maximum Gasteiger partial charge on any atom is 0.408 e. The molecule has 224 valence electrons. The fourth-order valence-electron chi connectivity index (χ4n) is 4.92. The van der Waals surface area contributed by atoms with Crippen LogP contribution in [0, 0.1) is 13.8 Å². The first-order chi connectivity index (χ1) is 19.9. The Kier molecular flexibility index (Phi) is 11.3. The lowest BCUT2D eigenvalue weighted by Gasteiger charge is -2.34. The average molecular weight is 572 g/mol. The Morgan fingerprint density at radius 3 is 2.00 bits per heavy atom. The molecule has 0 radical (unpaired) electrons. The summed E-state index contributed by atoms with van der Waals surface area (Å²) in [6.07, 6.45) is 1.04. The Balaban J connectivity index is 2.06. The molecular formula is C35H45N3O4. The van der Waals surface area contributed by atoms with Crippen LogP contribution in [0.5, 0.6) is 0 Å². The monoisotopic (exact) mass is 571 g/mol. The summed E-state index contributed by atoms with van der Waals surface area (Å²) in [5.74, 6) is -0.665. The van der Waals surface area contributed by atoms with Crippen LogP contribution >= 0.6 is 0 Å². The van der Waals surface area contributed by atoms with Gasteiger partial charge >= 0.3 is 6.09 Å². The van der Waals surface area contributed by atoms with Crippen LogP contribution < -0.4 is 10.6 Å². The molecule has 3 amide bonds. The number of carbonyl (C=O) groups excluding carboxylic acids is 3. The molecule has 0 aliphatic rings. The molecule has 0 bridgehead atoms. The van der Waals surface area contributed by atoms with Crippen molar-refractivity contribution in [2.75, 3.05) is 11.9 Å². The molecular weight excluding hydrogens is 526 g/mol. The highest BCUT2D eigenvalue weighted by molar-refractivity contribution is 6.00. The minimum Gasteiger partial charge on any atom is -0.444 e. The lowest BCUT2D eigenvalue weighted by Crippen LogP contribution is -2.53. The predicted octanol–water partition coefficient (Wildman–Crippen LogP) is 6.92. The number of hydrogen-bond donors (Lipinski definition) is 2. The lowest BCUT2D eigenvalue weighted by molar-refractivity contribution is -0.140. The summed E-state index contributed by atoms with van der Waals surface area (Å²) >= 11 is 0. The number of amides is 3. The maximum atomic E-state index is 14.4. The zero-order chi connectivity index (χ0) is 30.9. The molecule has 0 aliphatic heterocycles. The highest BCUT2D eigenvalue weighted by Gasteiger charge is 2.36. The molecule has 7 nitrogen and oxygen atoms in total. The number of anilines is 1. The molecule has 7 heteroatoms. The largest absolute Gasteiger partial charge is 0.444 e. The topological polar surface area (TPSA) is 87.7 Å². The summed E-state index contributed by atoms with van der Waals surface area (Å²) in [5, 5.41) is 5.92. The van der Waals surface area contributed by atoms with Crippen LogP contribution in [-0.4, -0.2) is 41.0 Å². The van der Waals surface area contributed by atoms with Gasteiger partial charge in [0, 0.05) is 18.7 Å². The quantitative estimate of drug-likeness (QED) is 0.262. The molecule has 2 N–H and O–H groups in total. The van der Waals surface area contributed by atoms with Crippen LogP contribution in [0.15, 0.2) is 72.8 Å². The number of para-hydroxylation sites is 1. The van der Waals surface area contributed by atoms with Gasteiger partial charge in [-0.15, -0.1) is 0 Å². The van der Waals surface area contributed by atoms with Gasteiger partial charge in [-0.1, -0.05) is 86.6 Å². The Bertz CT molecular complexity index is 1330. The highest BCUT2D eigenvalue weighted by atomic mass is 16.6. The second-order valence-corrected chi connectivity index (χ2v) is 11.7. The first-order valence-electron chi connectivity index (χ1n) is 14.7. The van der Waals surface area contributed by atoms with E-state index in [9.17, 15) is 14.4 Å². The van der Waals surface area contributed by atoms with Gasteiger partial charge in [-0.05, 0) is 75.3 Å².